The molecule has 65 heavy (non-hydrogen) atoms. The first-order chi connectivity index (χ1) is 31.3. The highest BCUT2D eigenvalue weighted by Gasteiger charge is 2.32. The lowest BCUT2D eigenvalue weighted by molar-refractivity contribution is -0.384. The Morgan fingerprint density at radius 1 is 0.985 bits per heavy atom. The average Bonchev–Trinajstić information content (AvgIpc) is 3.66. The van der Waals surface area contributed by atoms with Crippen LogP contribution in [0.5, 0.6) is 5.88 Å². The van der Waals surface area contributed by atoms with Gasteiger partial charge in [-0.05, 0) is 103 Å². The van der Waals surface area contributed by atoms with Crippen molar-refractivity contribution >= 4 is 67.3 Å². The molecule has 1 amide bonds. The summed E-state index contributed by atoms with van der Waals surface area (Å²) >= 11 is 6.27. The maximum Gasteiger partial charge on any atom is 0.293 e. The Morgan fingerprint density at radius 3 is 2.54 bits per heavy atom. The minimum atomic E-state index is -4.58. The number of ether oxygens (including phenoxy) is 2. The molecular formula is C46H53ClN10O7S. The van der Waals surface area contributed by atoms with Gasteiger partial charge in [-0.1, -0.05) is 43.2 Å². The smallest absolute Gasteiger partial charge is 0.293 e. The van der Waals surface area contributed by atoms with Crippen molar-refractivity contribution in [3.05, 3.63) is 105 Å². The lowest BCUT2D eigenvalue weighted by Crippen LogP contribution is -2.47. The number of nitrogens with zero attached hydrogens (tertiary/aromatic N) is 8. The van der Waals surface area contributed by atoms with Crippen molar-refractivity contribution in [3.63, 3.8) is 0 Å². The molecular weight excluding hydrogens is 872 g/mol. The van der Waals surface area contributed by atoms with E-state index in [1.807, 2.05) is 29.2 Å². The molecule has 3 aliphatic heterocycles. The molecule has 0 radical (unpaired) electrons. The van der Waals surface area contributed by atoms with E-state index in [0.717, 1.165) is 81.6 Å². The van der Waals surface area contributed by atoms with Crippen molar-refractivity contribution < 1.29 is 27.6 Å². The number of benzene rings is 3. The van der Waals surface area contributed by atoms with Gasteiger partial charge in [-0.3, -0.25) is 19.8 Å². The standard InChI is InChI=1S/C46H53ClN10O7S/c1-46(2)15-12-33(38(26-46)32-4-6-34(47)7-5-32)28-53-17-19-54(20-18-53)35-8-10-37(40(24-35)55-16-3-21-64-44-42(55)29-56-45(51-44)49-30-50-56)43(58)52-65(61,62)36-9-11-39(41(25-36)57(59)60)48-27-31-13-22-63-23-14-31/h4-11,24-25,29-31,48H,3,12-23,26-28H2,1-2H3,(H,52,58). The maximum atomic E-state index is 14.4. The monoisotopic (exact) mass is 924 g/mol. The lowest BCUT2D eigenvalue weighted by Gasteiger charge is -2.39. The van der Waals surface area contributed by atoms with Crippen molar-refractivity contribution in [2.24, 2.45) is 11.3 Å². The number of halogens is 1. The van der Waals surface area contributed by atoms with Crippen molar-refractivity contribution in [3.8, 4) is 5.88 Å². The largest absolute Gasteiger partial charge is 0.476 e. The zero-order valence-electron chi connectivity index (χ0n) is 36.5. The summed E-state index contributed by atoms with van der Waals surface area (Å²) in [5, 5.41) is 20.3. The molecule has 2 fully saturated rings. The number of piperazine rings is 1. The number of fused-ring (bicyclic) bond motifs is 2. The quantitative estimate of drug-likeness (QED) is 0.0933. The zero-order chi connectivity index (χ0) is 45.3. The number of rotatable bonds is 12. The predicted octanol–water partition coefficient (Wildman–Crippen LogP) is 7.35. The van der Waals surface area contributed by atoms with Gasteiger partial charge in [-0.25, -0.2) is 17.7 Å². The first-order valence-corrected chi connectivity index (χ1v) is 24.0. The van der Waals surface area contributed by atoms with Crippen LogP contribution in [0.25, 0.3) is 11.4 Å². The van der Waals surface area contributed by atoms with E-state index in [9.17, 15) is 23.3 Å². The van der Waals surface area contributed by atoms with Crippen LogP contribution in [0.4, 0.5) is 28.4 Å². The average molecular weight is 926 g/mol. The van der Waals surface area contributed by atoms with Crippen molar-refractivity contribution in [2.75, 3.05) is 80.8 Å². The highest BCUT2D eigenvalue weighted by atomic mass is 35.5. The molecule has 2 saturated heterocycles. The van der Waals surface area contributed by atoms with E-state index < -0.39 is 31.4 Å². The Hall–Kier alpha value is -5.82. The van der Waals surface area contributed by atoms with Gasteiger partial charge in [0.25, 0.3) is 27.4 Å². The van der Waals surface area contributed by atoms with Crippen LogP contribution in [0.1, 0.15) is 68.3 Å². The van der Waals surface area contributed by atoms with Gasteiger partial charge in [-0.2, -0.15) is 15.1 Å². The molecule has 19 heteroatoms. The van der Waals surface area contributed by atoms with Gasteiger partial charge < -0.3 is 24.6 Å². The number of nitrogens with one attached hydrogen (secondary N) is 2. The molecule has 2 aromatic heterocycles. The van der Waals surface area contributed by atoms with Crippen LogP contribution >= 0.6 is 11.6 Å². The fourth-order valence-corrected chi connectivity index (χ4v) is 10.3. The number of nitro benzene ring substituents is 1. The van der Waals surface area contributed by atoms with Crippen LogP contribution in [-0.2, 0) is 14.8 Å². The van der Waals surface area contributed by atoms with E-state index >= 15 is 0 Å². The normalized spacial score (nSPS) is 18.5. The van der Waals surface area contributed by atoms with Crippen LogP contribution in [0, 0.1) is 21.4 Å². The third-order valence-electron chi connectivity index (χ3n) is 12.9. The van der Waals surface area contributed by atoms with Crippen molar-refractivity contribution in [2.45, 2.75) is 57.3 Å². The van der Waals surface area contributed by atoms with Gasteiger partial charge in [-0.15, -0.1) is 0 Å². The second-order valence-electron chi connectivity index (χ2n) is 18.0. The van der Waals surface area contributed by atoms with E-state index in [2.05, 4.69) is 60.9 Å². The van der Waals surface area contributed by atoms with E-state index in [0.29, 0.717) is 62.4 Å². The number of allylic oxidation sites excluding steroid dienone is 1. The van der Waals surface area contributed by atoms with Gasteiger partial charge in [0.05, 0.1) is 33.9 Å². The lowest BCUT2D eigenvalue weighted by atomic mass is 9.72. The molecule has 0 unspecified atom stereocenters. The number of sulfonamides is 1. The van der Waals surface area contributed by atoms with E-state index in [-0.39, 0.29) is 22.6 Å². The summed E-state index contributed by atoms with van der Waals surface area (Å²) in [6, 6.07) is 17.2. The Kier molecular flexibility index (Phi) is 12.7. The number of carbonyl (C=O) groups excluding carboxylic acids is 1. The topological polar surface area (TPSA) is 190 Å². The van der Waals surface area contributed by atoms with Gasteiger partial charge >= 0.3 is 0 Å². The second kappa shape index (κ2) is 18.6. The van der Waals surface area contributed by atoms with Gasteiger partial charge in [0.2, 0.25) is 5.88 Å². The molecule has 4 aliphatic rings. The van der Waals surface area contributed by atoms with Crippen LogP contribution in [0.3, 0.4) is 0 Å². The van der Waals surface area contributed by atoms with Crippen LogP contribution in [0.15, 0.2) is 83.7 Å². The second-order valence-corrected chi connectivity index (χ2v) is 20.1. The summed E-state index contributed by atoms with van der Waals surface area (Å²) in [5.74, 6) is 0.0111. The number of anilines is 4. The maximum absolute atomic E-state index is 14.4. The van der Waals surface area contributed by atoms with Crippen molar-refractivity contribution in [1.82, 2.24) is 29.2 Å². The number of carbonyl (C=O) groups is 1. The summed E-state index contributed by atoms with van der Waals surface area (Å²) in [6.07, 6.45) is 8.51. The highest BCUT2D eigenvalue weighted by molar-refractivity contribution is 7.90. The Labute approximate surface area is 383 Å². The molecule has 0 saturated carbocycles. The van der Waals surface area contributed by atoms with Crippen LogP contribution < -0.4 is 24.6 Å². The van der Waals surface area contributed by atoms with E-state index in [4.69, 9.17) is 21.1 Å². The third-order valence-corrected chi connectivity index (χ3v) is 14.5. The summed E-state index contributed by atoms with van der Waals surface area (Å²) < 4.78 is 43.1. The fraction of sp³-hybridized carbons (Fsp3) is 0.435. The molecule has 5 aromatic rings. The van der Waals surface area contributed by atoms with Crippen LogP contribution in [0.2, 0.25) is 5.02 Å². The van der Waals surface area contributed by atoms with Crippen molar-refractivity contribution in [1.29, 1.82) is 0 Å². The molecule has 1 aliphatic carbocycles. The molecule has 17 nitrogen and oxygen atoms in total. The minimum absolute atomic E-state index is 0.0774. The summed E-state index contributed by atoms with van der Waals surface area (Å²) in [5.41, 5.74) is 6.02. The molecule has 9 rings (SSSR count). The first-order valence-electron chi connectivity index (χ1n) is 22.2. The fourth-order valence-electron chi connectivity index (χ4n) is 9.24. The van der Waals surface area contributed by atoms with E-state index in [1.54, 1.807) is 12.3 Å². The SMILES string of the molecule is CC1(C)CCC(CN2CCN(c3ccc(C(=O)NS(=O)(=O)c4ccc(NCC5CCOCC5)c([N+](=O)[O-])c4)c(N4CCCOc5nc6ncnn6cc54)c3)CC2)=C(c2ccc(Cl)cc2)C1. The Balaban J connectivity index is 0.986. The van der Waals surface area contributed by atoms with Gasteiger partial charge in [0.15, 0.2) is 0 Å². The number of amides is 1. The summed E-state index contributed by atoms with van der Waals surface area (Å²) in [4.78, 5) is 41.0. The number of hydrogen-bond donors (Lipinski definition) is 2. The molecule has 2 N–H and O–H groups in total. The molecule has 0 atom stereocenters. The third kappa shape index (κ3) is 9.90. The molecule has 0 spiro atoms. The Bertz CT molecular complexity index is 2730. The van der Waals surface area contributed by atoms with E-state index in [1.165, 1.54) is 39.7 Å². The summed E-state index contributed by atoms with van der Waals surface area (Å²) in [6.45, 7) is 11.1. The van der Waals surface area contributed by atoms with Gasteiger partial charge in [0, 0.05) is 75.8 Å². The molecule has 0 bridgehead atoms. The number of nitro groups is 1. The molecule has 5 heterocycles. The first kappa shape index (κ1) is 44.4. The summed E-state index contributed by atoms with van der Waals surface area (Å²) in [7, 11) is -4.58. The highest BCUT2D eigenvalue weighted by Crippen LogP contribution is 2.44. The minimum Gasteiger partial charge on any atom is -0.476 e. The predicted molar refractivity (Wildman–Crippen MR) is 249 cm³/mol. The Morgan fingerprint density at radius 2 is 1.77 bits per heavy atom. The van der Waals surface area contributed by atoms with Gasteiger partial charge in [0.1, 0.15) is 17.7 Å². The zero-order valence-corrected chi connectivity index (χ0v) is 38.1. The van der Waals surface area contributed by atoms with Crippen LogP contribution in [-0.4, -0.2) is 109 Å². The molecule has 3 aromatic carbocycles. The number of aromatic nitrogens is 4. The number of hydrogen-bond acceptors (Lipinski definition) is 14. The molecule has 342 valence electrons.